The number of rotatable bonds is 4. The number of ether oxygens (including phenoxy) is 2. The lowest BCUT2D eigenvalue weighted by Gasteiger charge is -2.18. The minimum absolute atomic E-state index is 0.213. The molecule has 1 aliphatic rings. The summed E-state index contributed by atoms with van der Waals surface area (Å²) in [5.41, 5.74) is 0.841. The van der Waals surface area contributed by atoms with E-state index in [0.717, 1.165) is 30.9 Å². The SMILES string of the molecule is Cc1ncccc1OCc1nnc(C2CCCOC2)o1. The molecule has 6 heteroatoms. The van der Waals surface area contributed by atoms with Crippen molar-refractivity contribution in [2.75, 3.05) is 13.2 Å². The van der Waals surface area contributed by atoms with E-state index in [1.54, 1.807) is 6.20 Å². The Hall–Kier alpha value is -1.95. The number of nitrogens with zero attached hydrogens (tertiary/aromatic N) is 3. The molecule has 20 heavy (non-hydrogen) atoms. The van der Waals surface area contributed by atoms with Gasteiger partial charge < -0.3 is 13.9 Å². The van der Waals surface area contributed by atoms with Gasteiger partial charge in [0.05, 0.1) is 18.2 Å². The van der Waals surface area contributed by atoms with E-state index in [1.807, 2.05) is 19.1 Å². The van der Waals surface area contributed by atoms with Gasteiger partial charge in [0.1, 0.15) is 5.75 Å². The number of aryl methyl sites for hydroxylation is 1. The van der Waals surface area contributed by atoms with Crippen LogP contribution in [0.15, 0.2) is 22.7 Å². The molecular weight excluding hydrogens is 258 g/mol. The zero-order valence-electron chi connectivity index (χ0n) is 11.4. The van der Waals surface area contributed by atoms with Gasteiger partial charge in [-0.25, -0.2) is 0 Å². The largest absolute Gasteiger partial charge is 0.482 e. The average Bonchev–Trinajstić information content (AvgIpc) is 2.96. The van der Waals surface area contributed by atoms with Crippen molar-refractivity contribution >= 4 is 0 Å². The van der Waals surface area contributed by atoms with Gasteiger partial charge in [0.15, 0.2) is 6.61 Å². The highest BCUT2D eigenvalue weighted by Crippen LogP contribution is 2.24. The van der Waals surface area contributed by atoms with Crippen LogP contribution in [0.25, 0.3) is 0 Å². The van der Waals surface area contributed by atoms with Crippen LogP contribution in [0, 0.1) is 6.92 Å². The normalized spacial score (nSPS) is 18.9. The average molecular weight is 275 g/mol. The molecule has 1 aliphatic heterocycles. The fraction of sp³-hybridized carbons (Fsp3) is 0.500. The van der Waals surface area contributed by atoms with E-state index in [0.29, 0.717) is 18.4 Å². The van der Waals surface area contributed by atoms with Crippen LogP contribution in [-0.2, 0) is 11.3 Å². The smallest absolute Gasteiger partial charge is 0.253 e. The van der Waals surface area contributed by atoms with Crippen molar-refractivity contribution in [1.29, 1.82) is 0 Å². The molecular formula is C14H17N3O3. The third-order valence-electron chi connectivity index (χ3n) is 3.30. The minimum atomic E-state index is 0.213. The number of aromatic nitrogens is 3. The molecule has 2 aromatic heterocycles. The van der Waals surface area contributed by atoms with Crippen LogP contribution in [0.3, 0.4) is 0 Å². The molecule has 0 aliphatic carbocycles. The van der Waals surface area contributed by atoms with Gasteiger partial charge in [-0.1, -0.05) is 0 Å². The second kappa shape index (κ2) is 6.00. The molecule has 3 rings (SSSR count). The summed E-state index contributed by atoms with van der Waals surface area (Å²) >= 11 is 0. The summed E-state index contributed by atoms with van der Waals surface area (Å²) in [4.78, 5) is 4.16. The zero-order valence-corrected chi connectivity index (χ0v) is 11.4. The maximum absolute atomic E-state index is 5.64. The Balaban J connectivity index is 1.61. The van der Waals surface area contributed by atoms with Gasteiger partial charge >= 0.3 is 0 Å². The quantitative estimate of drug-likeness (QED) is 0.852. The Kier molecular flexibility index (Phi) is 3.92. The molecule has 0 amide bonds. The third kappa shape index (κ3) is 2.96. The highest BCUT2D eigenvalue weighted by Gasteiger charge is 2.22. The fourth-order valence-corrected chi connectivity index (χ4v) is 2.19. The summed E-state index contributed by atoms with van der Waals surface area (Å²) in [6.07, 6.45) is 3.80. The molecule has 0 N–H and O–H groups in total. The fourth-order valence-electron chi connectivity index (χ4n) is 2.19. The van der Waals surface area contributed by atoms with Crippen LogP contribution < -0.4 is 4.74 Å². The molecule has 1 unspecified atom stereocenters. The van der Waals surface area contributed by atoms with E-state index in [2.05, 4.69) is 15.2 Å². The molecule has 0 aromatic carbocycles. The first-order chi connectivity index (χ1) is 9.83. The summed E-state index contributed by atoms with van der Waals surface area (Å²) in [7, 11) is 0. The van der Waals surface area contributed by atoms with Crippen molar-refractivity contribution in [1.82, 2.24) is 15.2 Å². The van der Waals surface area contributed by atoms with Crippen molar-refractivity contribution in [3.05, 3.63) is 35.8 Å². The maximum Gasteiger partial charge on any atom is 0.253 e. The molecule has 1 fully saturated rings. The third-order valence-corrected chi connectivity index (χ3v) is 3.30. The van der Waals surface area contributed by atoms with Gasteiger partial charge in [0, 0.05) is 12.8 Å². The molecule has 2 aromatic rings. The molecule has 6 nitrogen and oxygen atoms in total. The van der Waals surface area contributed by atoms with Gasteiger partial charge in [0.25, 0.3) is 5.89 Å². The van der Waals surface area contributed by atoms with E-state index in [-0.39, 0.29) is 12.5 Å². The molecule has 0 saturated carbocycles. The van der Waals surface area contributed by atoms with E-state index in [1.165, 1.54) is 0 Å². The number of hydrogen-bond donors (Lipinski definition) is 0. The van der Waals surface area contributed by atoms with Crippen LogP contribution in [0.1, 0.15) is 36.2 Å². The highest BCUT2D eigenvalue weighted by molar-refractivity contribution is 5.25. The van der Waals surface area contributed by atoms with Crippen LogP contribution in [0.4, 0.5) is 0 Å². The topological polar surface area (TPSA) is 70.3 Å². The molecule has 0 spiro atoms. The summed E-state index contributed by atoms with van der Waals surface area (Å²) < 4.78 is 16.7. The summed E-state index contributed by atoms with van der Waals surface area (Å²) in [5.74, 6) is 2.07. The molecule has 0 bridgehead atoms. The molecule has 3 heterocycles. The number of pyridine rings is 1. The van der Waals surface area contributed by atoms with Gasteiger partial charge in [-0.05, 0) is 31.9 Å². The van der Waals surface area contributed by atoms with Crippen LogP contribution in [0.2, 0.25) is 0 Å². The monoisotopic (exact) mass is 275 g/mol. The van der Waals surface area contributed by atoms with Crippen molar-refractivity contribution in [3.8, 4) is 5.75 Å². The van der Waals surface area contributed by atoms with Crippen LogP contribution in [-0.4, -0.2) is 28.4 Å². The van der Waals surface area contributed by atoms with Crippen molar-refractivity contribution in [2.45, 2.75) is 32.3 Å². The van der Waals surface area contributed by atoms with Crippen LogP contribution >= 0.6 is 0 Å². The van der Waals surface area contributed by atoms with Gasteiger partial charge in [-0.2, -0.15) is 0 Å². The highest BCUT2D eigenvalue weighted by atomic mass is 16.5. The van der Waals surface area contributed by atoms with Crippen LogP contribution in [0.5, 0.6) is 5.75 Å². The Labute approximate surface area is 117 Å². The van der Waals surface area contributed by atoms with Crippen molar-refractivity contribution < 1.29 is 13.9 Å². The van der Waals surface area contributed by atoms with Gasteiger partial charge in [0.2, 0.25) is 5.89 Å². The van der Waals surface area contributed by atoms with Crippen molar-refractivity contribution in [2.24, 2.45) is 0 Å². The van der Waals surface area contributed by atoms with E-state index >= 15 is 0 Å². The Morgan fingerprint density at radius 1 is 1.40 bits per heavy atom. The van der Waals surface area contributed by atoms with Crippen molar-refractivity contribution in [3.63, 3.8) is 0 Å². The first-order valence-electron chi connectivity index (χ1n) is 6.77. The molecule has 1 atom stereocenters. The summed E-state index contributed by atoms with van der Waals surface area (Å²) in [5, 5.41) is 8.10. The Morgan fingerprint density at radius 2 is 2.35 bits per heavy atom. The van der Waals surface area contributed by atoms with Gasteiger partial charge in [-0.15, -0.1) is 10.2 Å². The molecule has 106 valence electrons. The molecule has 1 saturated heterocycles. The summed E-state index contributed by atoms with van der Waals surface area (Å²) in [6, 6.07) is 3.70. The second-order valence-electron chi connectivity index (χ2n) is 4.82. The van der Waals surface area contributed by atoms with Gasteiger partial charge in [-0.3, -0.25) is 4.98 Å². The Bertz CT molecular complexity index is 564. The second-order valence-corrected chi connectivity index (χ2v) is 4.82. The van der Waals surface area contributed by atoms with E-state index in [9.17, 15) is 0 Å². The lowest BCUT2D eigenvalue weighted by atomic mass is 10.0. The summed E-state index contributed by atoms with van der Waals surface area (Å²) in [6.45, 7) is 3.63. The maximum atomic E-state index is 5.64. The standard InChI is InChI=1S/C14H17N3O3/c1-10-12(5-2-6-15-10)19-9-13-16-17-14(20-13)11-4-3-7-18-8-11/h2,5-6,11H,3-4,7-9H2,1H3. The lowest BCUT2D eigenvalue weighted by molar-refractivity contribution is 0.0717. The molecule has 0 radical (unpaired) electrons. The predicted molar refractivity (Wildman–Crippen MR) is 70.4 cm³/mol. The van der Waals surface area contributed by atoms with E-state index < -0.39 is 0 Å². The number of hydrogen-bond acceptors (Lipinski definition) is 6. The predicted octanol–water partition coefficient (Wildman–Crippen LogP) is 2.25. The Morgan fingerprint density at radius 3 is 3.15 bits per heavy atom. The first kappa shape index (κ1) is 13.1. The lowest BCUT2D eigenvalue weighted by Crippen LogP contribution is -2.15. The zero-order chi connectivity index (χ0) is 13.8. The van der Waals surface area contributed by atoms with E-state index in [4.69, 9.17) is 13.9 Å². The minimum Gasteiger partial charge on any atom is -0.482 e. The first-order valence-corrected chi connectivity index (χ1v) is 6.77.